The first kappa shape index (κ1) is 23.2. The van der Waals surface area contributed by atoms with Gasteiger partial charge in [-0.3, -0.25) is 0 Å². The number of hydrogen-bond acceptors (Lipinski definition) is 7. The fourth-order valence-electron chi connectivity index (χ4n) is 3.40. The maximum Gasteiger partial charge on any atom is 0.339 e. The molecule has 0 amide bonds. The standard InChI is InChI=1S/C25H24FN3O5/c1-15(13-31-2)34-20-9-17(8-19(11-20)33-14-16-6-4-5-7-21(16)26)23-28-22-10-18(25(30)32-3)12-27-24(22)29-23/h4-12,15H,13-14H2,1-3H3,(H,27,28,29)/t15-/m0/s1. The lowest BCUT2D eigenvalue weighted by atomic mass is 10.2. The van der Waals surface area contributed by atoms with Crippen molar-refractivity contribution in [2.24, 2.45) is 0 Å². The number of nitrogens with zero attached hydrogens (tertiary/aromatic N) is 2. The molecule has 0 spiro atoms. The molecule has 0 aliphatic rings. The first-order valence-electron chi connectivity index (χ1n) is 10.6. The zero-order chi connectivity index (χ0) is 24.1. The summed E-state index contributed by atoms with van der Waals surface area (Å²) in [7, 11) is 2.91. The number of methoxy groups -OCH3 is 2. The van der Waals surface area contributed by atoms with E-state index in [0.717, 1.165) is 0 Å². The van der Waals surface area contributed by atoms with Crippen LogP contribution in [0.3, 0.4) is 0 Å². The van der Waals surface area contributed by atoms with E-state index in [9.17, 15) is 9.18 Å². The lowest BCUT2D eigenvalue weighted by molar-refractivity contribution is 0.0600. The van der Waals surface area contributed by atoms with E-state index in [0.29, 0.717) is 51.8 Å². The average Bonchev–Trinajstić information content (AvgIpc) is 3.26. The normalized spacial score (nSPS) is 11.9. The fourth-order valence-corrected chi connectivity index (χ4v) is 3.40. The first-order valence-corrected chi connectivity index (χ1v) is 10.6. The number of ether oxygens (including phenoxy) is 4. The predicted octanol–water partition coefficient (Wildman–Crippen LogP) is 4.54. The van der Waals surface area contributed by atoms with Crippen LogP contribution in [0.15, 0.2) is 54.7 Å². The number of fused-ring (bicyclic) bond motifs is 1. The third-order valence-corrected chi connectivity index (χ3v) is 5.00. The van der Waals surface area contributed by atoms with Crippen molar-refractivity contribution in [3.8, 4) is 22.9 Å². The first-order chi connectivity index (χ1) is 16.5. The highest BCUT2D eigenvalue weighted by atomic mass is 19.1. The Morgan fingerprint density at radius 3 is 2.68 bits per heavy atom. The molecule has 176 valence electrons. The second-order valence-corrected chi connectivity index (χ2v) is 7.63. The van der Waals surface area contributed by atoms with Gasteiger partial charge in [0, 0.05) is 30.5 Å². The van der Waals surface area contributed by atoms with Gasteiger partial charge in [-0.2, -0.15) is 0 Å². The van der Waals surface area contributed by atoms with Crippen LogP contribution in [0.25, 0.3) is 22.6 Å². The largest absolute Gasteiger partial charge is 0.489 e. The highest BCUT2D eigenvalue weighted by Crippen LogP contribution is 2.31. The number of nitrogens with one attached hydrogen (secondary N) is 1. The summed E-state index contributed by atoms with van der Waals surface area (Å²) < 4.78 is 35.8. The zero-order valence-electron chi connectivity index (χ0n) is 19.0. The van der Waals surface area contributed by atoms with E-state index in [2.05, 4.69) is 15.0 Å². The summed E-state index contributed by atoms with van der Waals surface area (Å²) in [5.41, 5.74) is 2.43. The van der Waals surface area contributed by atoms with E-state index in [-0.39, 0.29) is 18.5 Å². The number of rotatable bonds is 9. The van der Waals surface area contributed by atoms with E-state index >= 15 is 0 Å². The molecule has 2 heterocycles. The van der Waals surface area contributed by atoms with Crippen molar-refractivity contribution in [3.05, 3.63) is 71.7 Å². The van der Waals surface area contributed by atoms with Crippen molar-refractivity contribution in [3.63, 3.8) is 0 Å². The van der Waals surface area contributed by atoms with Gasteiger partial charge in [0.15, 0.2) is 5.65 Å². The van der Waals surface area contributed by atoms with E-state index in [1.165, 1.54) is 19.4 Å². The molecule has 2 aromatic carbocycles. The molecule has 0 aliphatic heterocycles. The maximum atomic E-state index is 14.0. The minimum absolute atomic E-state index is 0.0490. The molecule has 0 fully saturated rings. The van der Waals surface area contributed by atoms with E-state index < -0.39 is 5.97 Å². The molecule has 4 aromatic rings. The second kappa shape index (κ2) is 10.3. The number of aromatic amines is 1. The molecule has 0 saturated carbocycles. The fraction of sp³-hybridized carbons (Fsp3) is 0.240. The lowest BCUT2D eigenvalue weighted by Crippen LogP contribution is -2.18. The number of carbonyl (C=O) groups is 1. The SMILES string of the molecule is COC[C@H](C)Oc1cc(OCc2ccccc2F)cc(-c2nc3ncc(C(=O)OC)cc3[nH]2)c1. The van der Waals surface area contributed by atoms with E-state index in [1.54, 1.807) is 49.6 Å². The minimum Gasteiger partial charge on any atom is -0.489 e. The smallest absolute Gasteiger partial charge is 0.339 e. The van der Waals surface area contributed by atoms with Crippen LogP contribution in [0, 0.1) is 5.82 Å². The molecule has 0 radical (unpaired) electrons. The van der Waals surface area contributed by atoms with E-state index in [1.807, 2.05) is 6.92 Å². The molecule has 4 rings (SSSR count). The number of H-pyrrole nitrogens is 1. The van der Waals surface area contributed by atoms with Gasteiger partial charge in [-0.25, -0.2) is 19.2 Å². The summed E-state index contributed by atoms with van der Waals surface area (Å²) in [5, 5.41) is 0. The number of hydrogen-bond donors (Lipinski definition) is 1. The lowest BCUT2D eigenvalue weighted by Gasteiger charge is -2.16. The Hall–Kier alpha value is -3.98. The van der Waals surface area contributed by atoms with Crippen molar-refractivity contribution >= 4 is 17.1 Å². The molecule has 0 bridgehead atoms. The molecule has 1 N–H and O–H groups in total. The number of aromatic nitrogens is 3. The predicted molar refractivity (Wildman–Crippen MR) is 123 cm³/mol. The quantitative estimate of drug-likeness (QED) is 0.363. The van der Waals surface area contributed by atoms with Gasteiger partial charge in [-0.05, 0) is 31.2 Å². The highest BCUT2D eigenvalue weighted by Gasteiger charge is 2.14. The zero-order valence-corrected chi connectivity index (χ0v) is 19.0. The number of benzene rings is 2. The number of esters is 1. The monoisotopic (exact) mass is 465 g/mol. The number of halogens is 1. The summed E-state index contributed by atoms with van der Waals surface area (Å²) in [5.74, 6) is 0.689. The Kier molecular flexibility index (Phi) is 7.03. The van der Waals surface area contributed by atoms with Gasteiger partial charge in [0.25, 0.3) is 0 Å². The van der Waals surface area contributed by atoms with Crippen LogP contribution in [0.2, 0.25) is 0 Å². The summed E-state index contributed by atoms with van der Waals surface area (Å²) in [4.78, 5) is 23.8. The van der Waals surface area contributed by atoms with Gasteiger partial charge in [0.2, 0.25) is 0 Å². The van der Waals surface area contributed by atoms with Crippen molar-refractivity contribution in [1.82, 2.24) is 15.0 Å². The summed E-state index contributed by atoms with van der Waals surface area (Å²) in [6, 6.07) is 13.4. The molecule has 8 nitrogen and oxygen atoms in total. The van der Waals surface area contributed by atoms with Gasteiger partial charge < -0.3 is 23.9 Å². The van der Waals surface area contributed by atoms with Crippen molar-refractivity contribution in [1.29, 1.82) is 0 Å². The highest BCUT2D eigenvalue weighted by molar-refractivity contribution is 5.92. The Morgan fingerprint density at radius 1 is 1.12 bits per heavy atom. The topological polar surface area (TPSA) is 95.6 Å². The Balaban J connectivity index is 1.68. The molecular formula is C25H24FN3O5. The van der Waals surface area contributed by atoms with Gasteiger partial charge in [-0.1, -0.05) is 18.2 Å². The molecule has 0 aliphatic carbocycles. The Morgan fingerprint density at radius 2 is 1.91 bits per heavy atom. The van der Waals surface area contributed by atoms with Crippen LogP contribution >= 0.6 is 0 Å². The second-order valence-electron chi connectivity index (χ2n) is 7.63. The van der Waals surface area contributed by atoms with Crippen LogP contribution in [0.1, 0.15) is 22.8 Å². The Labute approximate surface area is 195 Å². The molecule has 2 aromatic heterocycles. The molecule has 0 saturated heterocycles. The number of pyridine rings is 1. The molecule has 34 heavy (non-hydrogen) atoms. The van der Waals surface area contributed by atoms with Gasteiger partial charge in [0.1, 0.15) is 35.9 Å². The van der Waals surface area contributed by atoms with Gasteiger partial charge in [-0.15, -0.1) is 0 Å². The number of imidazole rings is 1. The van der Waals surface area contributed by atoms with Crippen LogP contribution < -0.4 is 9.47 Å². The number of carbonyl (C=O) groups excluding carboxylic acids is 1. The van der Waals surface area contributed by atoms with Crippen LogP contribution in [-0.2, 0) is 16.1 Å². The summed E-state index contributed by atoms with van der Waals surface area (Å²) in [6.45, 7) is 2.34. The Bertz CT molecular complexity index is 1310. The van der Waals surface area contributed by atoms with Crippen LogP contribution in [0.5, 0.6) is 11.5 Å². The molecule has 9 heteroatoms. The van der Waals surface area contributed by atoms with Gasteiger partial charge in [0.05, 0.1) is 24.8 Å². The van der Waals surface area contributed by atoms with E-state index in [4.69, 9.17) is 18.9 Å². The minimum atomic E-state index is -0.489. The van der Waals surface area contributed by atoms with Crippen molar-refractivity contribution in [2.45, 2.75) is 19.6 Å². The van der Waals surface area contributed by atoms with Crippen molar-refractivity contribution < 1.29 is 28.1 Å². The molecule has 0 unspecified atom stereocenters. The van der Waals surface area contributed by atoms with Crippen LogP contribution in [0.4, 0.5) is 4.39 Å². The molecular weight excluding hydrogens is 441 g/mol. The maximum absolute atomic E-state index is 14.0. The third-order valence-electron chi connectivity index (χ3n) is 5.00. The van der Waals surface area contributed by atoms with Crippen molar-refractivity contribution in [2.75, 3.05) is 20.8 Å². The molecule has 1 atom stereocenters. The van der Waals surface area contributed by atoms with Crippen LogP contribution in [-0.4, -0.2) is 47.9 Å². The summed E-state index contributed by atoms with van der Waals surface area (Å²) in [6.07, 6.45) is 1.20. The summed E-state index contributed by atoms with van der Waals surface area (Å²) >= 11 is 0. The van der Waals surface area contributed by atoms with Gasteiger partial charge >= 0.3 is 5.97 Å². The average molecular weight is 465 g/mol. The third kappa shape index (κ3) is 5.32.